The van der Waals surface area contributed by atoms with Crippen LogP contribution in [0.5, 0.6) is 0 Å². The molecule has 2 aliphatic carbocycles. The van der Waals surface area contributed by atoms with Crippen molar-refractivity contribution in [2.75, 3.05) is 13.1 Å². The van der Waals surface area contributed by atoms with Crippen LogP contribution in [0, 0.1) is 11.3 Å². The zero-order chi connectivity index (χ0) is 13.3. The van der Waals surface area contributed by atoms with Crippen molar-refractivity contribution in [3.63, 3.8) is 0 Å². The van der Waals surface area contributed by atoms with Crippen molar-refractivity contribution in [2.24, 2.45) is 11.3 Å². The largest absolute Gasteiger partial charge is 0.325 e. The number of carbonyl (C=O) groups excluding carboxylic acids is 1. The minimum Gasteiger partial charge on any atom is -0.325 e. The predicted molar refractivity (Wildman–Crippen MR) is 76.7 cm³/mol. The maximum Gasteiger partial charge on any atom is 0.237 e. The van der Waals surface area contributed by atoms with Crippen LogP contribution in [0.25, 0.3) is 0 Å². The first-order valence-corrected chi connectivity index (χ1v) is 8.21. The molecule has 3 heteroatoms. The van der Waals surface area contributed by atoms with Crippen molar-refractivity contribution in [3.8, 4) is 0 Å². The van der Waals surface area contributed by atoms with Crippen LogP contribution in [0.1, 0.15) is 64.7 Å². The van der Waals surface area contributed by atoms with Gasteiger partial charge in [-0.05, 0) is 37.0 Å². The summed E-state index contributed by atoms with van der Waals surface area (Å²) in [5, 5.41) is 3.48. The van der Waals surface area contributed by atoms with E-state index in [1.165, 1.54) is 57.8 Å². The van der Waals surface area contributed by atoms with Gasteiger partial charge in [-0.1, -0.05) is 39.0 Å². The fraction of sp³-hybridized carbons (Fsp3) is 0.938. The molecule has 1 heterocycles. The molecule has 0 aromatic carbocycles. The number of amides is 1. The molecule has 0 bridgehead atoms. The van der Waals surface area contributed by atoms with E-state index in [1.54, 1.807) is 0 Å². The first-order valence-electron chi connectivity index (χ1n) is 8.21. The zero-order valence-corrected chi connectivity index (χ0v) is 12.3. The molecule has 1 N–H and O–H groups in total. The summed E-state index contributed by atoms with van der Waals surface area (Å²) in [4.78, 5) is 14.4. The van der Waals surface area contributed by atoms with Crippen molar-refractivity contribution in [3.05, 3.63) is 0 Å². The van der Waals surface area contributed by atoms with Crippen molar-refractivity contribution < 1.29 is 4.79 Å². The summed E-state index contributed by atoms with van der Waals surface area (Å²) in [5.74, 6) is 1.04. The van der Waals surface area contributed by atoms with Gasteiger partial charge in [-0.2, -0.15) is 0 Å². The highest BCUT2D eigenvalue weighted by molar-refractivity contribution is 5.80. The molecule has 2 saturated carbocycles. The average Bonchev–Trinajstić information content (AvgIpc) is 3.01. The van der Waals surface area contributed by atoms with E-state index in [4.69, 9.17) is 0 Å². The summed E-state index contributed by atoms with van der Waals surface area (Å²) in [5.41, 5.74) is 0.372. The van der Waals surface area contributed by atoms with E-state index >= 15 is 0 Å². The van der Waals surface area contributed by atoms with E-state index in [2.05, 4.69) is 17.1 Å². The number of carbonyl (C=O) groups is 1. The van der Waals surface area contributed by atoms with Gasteiger partial charge in [-0.25, -0.2) is 0 Å². The molecule has 1 saturated heterocycles. The van der Waals surface area contributed by atoms with Gasteiger partial charge in [0.1, 0.15) is 0 Å². The topological polar surface area (TPSA) is 32.3 Å². The highest BCUT2D eigenvalue weighted by atomic mass is 16.2. The number of nitrogens with one attached hydrogen (secondary N) is 1. The lowest BCUT2D eigenvalue weighted by atomic mass is 9.75. The Kier molecular flexibility index (Phi) is 3.84. The van der Waals surface area contributed by atoms with Crippen molar-refractivity contribution in [1.29, 1.82) is 0 Å². The monoisotopic (exact) mass is 264 g/mol. The average molecular weight is 264 g/mol. The van der Waals surface area contributed by atoms with Crippen LogP contribution < -0.4 is 5.32 Å². The number of hydrogen-bond acceptors (Lipinski definition) is 2. The Morgan fingerprint density at radius 1 is 1.16 bits per heavy atom. The molecule has 1 atom stereocenters. The summed E-state index contributed by atoms with van der Waals surface area (Å²) in [6.45, 7) is 3.95. The van der Waals surface area contributed by atoms with Crippen LogP contribution >= 0.6 is 0 Å². The van der Waals surface area contributed by atoms with Gasteiger partial charge in [-0.15, -0.1) is 0 Å². The van der Waals surface area contributed by atoms with Crippen molar-refractivity contribution in [2.45, 2.75) is 70.9 Å². The summed E-state index contributed by atoms with van der Waals surface area (Å²) in [6, 6.07) is 0. The molecule has 1 amide bonds. The minimum atomic E-state index is 0.337. The highest BCUT2D eigenvalue weighted by Gasteiger charge is 2.40. The third-order valence-corrected chi connectivity index (χ3v) is 5.58. The molecule has 0 radical (unpaired) electrons. The Morgan fingerprint density at radius 2 is 1.84 bits per heavy atom. The first kappa shape index (κ1) is 13.4. The van der Waals surface area contributed by atoms with Gasteiger partial charge >= 0.3 is 0 Å². The molecule has 108 valence electrons. The van der Waals surface area contributed by atoms with E-state index < -0.39 is 0 Å². The maximum atomic E-state index is 12.2. The fourth-order valence-corrected chi connectivity index (χ4v) is 4.41. The number of rotatable bonds is 3. The third kappa shape index (κ3) is 2.81. The molecular formula is C16H28N2O. The van der Waals surface area contributed by atoms with Gasteiger partial charge in [0, 0.05) is 6.54 Å². The van der Waals surface area contributed by atoms with Crippen LogP contribution in [0.4, 0.5) is 0 Å². The van der Waals surface area contributed by atoms with Gasteiger partial charge in [-0.3, -0.25) is 10.1 Å². The standard InChI is InChI=1S/C16H28N2O/c1-16(9-5-2-6-10-16)12-18-14(19)11-17-15(18)13-7-3-4-8-13/h13,15,17H,2-12H2,1H3. The first-order chi connectivity index (χ1) is 9.18. The SMILES string of the molecule is CC1(CN2C(=O)CNC2C2CCCC2)CCCCC1. The Balaban J connectivity index is 1.67. The maximum absolute atomic E-state index is 12.2. The van der Waals surface area contributed by atoms with Crippen LogP contribution in [0.3, 0.4) is 0 Å². The molecule has 19 heavy (non-hydrogen) atoms. The molecule has 3 fully saturated rings. The quantitative estimate of drug-likeness (QED) is 0.850. The minimum absolute atomic E-state index is 0.337. The molecule has 1 unspecified atom stereocenters. The molecule has 3 rings (SSSR count). The summed E-state index contributed by atoms with van der Waals surface area (Å²) in [7, 11) is 0. The summed E-state index contributed by atoms with van der Waals surface area (Å²) in [6.07, 6.45) is 12.3. The third-order valence-electron chi connectivity index (χ3n) is 5.58. The highest BCUT2D eigenvalue weighted by Crippen LogP contribution is 2.39. The number of nitrogens with zero attached hydrogens (tertiary/aromatic N) is 1. The lowest BCUT2D eigenvalue weighted by Gasteiger charge is -2.40. The molecule has 0 spiro atoms. The van der Waals surface area contributed by atoms with Crippen LogP contribution in [0.2, 0.25) is 0 Å². The lowest BCUT2D eigenvalue weighted by Crippen LogP contribution is -2.47. The van der Waals surface area contributed by atoms with E-state index in [1.807, 2.05) is 0 Å². The van der Waals surface area contributed by atoms with Crippen molar-refractivity contribution in [1.82, 2.24) is 10.2 Å². The predicted octanol–water partition coefficient (Wildman–Crippen LogP) is 2.90. The zero-order valence-electron chi connectivity index (χ0n) is 12.3. The second-order valence-corrected chi connectivity index (χ2v) is 7.26. The molecule has 3 nitrogen and oxygen atoms in total. The Bertz CT molecular complexity index is 330. The smallest absolute Gasteiger partial charge is 0.237 e. The van der Waals surface area contributed by atoms with Crippen molar-refractivity contribution >= 4 is 5.91 Å². The van der Waals surface area contributed by atoms with Gasteiger partial charge < -0.3 is 4.90 Å². The molecule has 0 aromatic rings. The molecular weight excluding hydrogens is 236 g/mol. The Labute approximate surface area is 117 Å². The van der Waals surface area contributed by atoms with Gasteiger partial charge in [0.25, 0.3) is 0 Å². The van der Waals surface area contributed by atoms with Gasteiger partial charge in [0.05, 0.1) is 12.7 Å². The molecule has 1 aliphatic heterocycles. The Morgan fingerprint density at radius 3 is 2.53 bits per heavy atom. The Hall–Kier alpha value is -0.570. The second-order valence-electron chi connectivity index (χ2n) is 7.26. The van der Waals surface area contributed by atoms with E-state index in [-0.39, 0.29) is 0 Å². The van der Waals surface area contributed by atoms with E-state index in [0.29, 0.717) is 30.0 Å². The van der Waals surface area contributed by atoms with E-state index in [0.717, 1.165) is 6.54 Å². The summed E-state index contributed by atoms with van der Waals surface area (Å²) >= 11 is 0. The fourth-order valence-electron chi connectivity index (χ4n) is 4.41. The normalized spacial score (nSPS) is 32.2. The van der Waals surface area contributed by atoms with Crippen LogP contribution in [-0.2, 0) is 4.79 Å². The van der Waals surface area contributed by atoms with Crippen LogP contribution in [0.15, 0.2) is 0 Å². The van der Waals surface area contributed by atoms with Gasteiger partial charge in [0.2, 0.25) is 5.91 Å². The molecule has 3 aliphatic rings. The molecule has 0 aromatic heterocycles. The van der Waals surface area contributed by atoms with Crippen LogP contribution in [-0.4, -0.2) is 30.1 Å². The second kappa shape index (κ2) is 5.43. The lowest BCUT2D eigenvalue weighted by molar-refractivity contribution is -0.130. The summed E-state index contributed by atoms with van der Waals surface area (Å²) < 4.78 is 0. The van der Waals surface area contributed by atoms with Gasteiger partial charge in [0.15, 0.2) is 0 Å². The van der Waals surface area contributed by atoms with E-state index in [9.17, 15) is 4.79 Å². The number of hydrogen-bond donors (Lipinski definition) is 1.